The van der Waals surface area contributed by atoms with Crippen LogP contribution in [0.15, 0.2) is 72.9 Å². The van der Waals surface area contributed by atoms with Gasteiger partial charge in [0, 0.05) is 36.2 Å². The first kappa shape index (κ1) is 28.1. The highest BCUT2D eigenvalue weighted by Gasteiger charge is 2.41. The third-order valence-electron chi connectivity index (χ3n) is 7.41. The predicted octanol–water partition coefficient (Wildman–Crippen LogP) is 7.36. The second-order valence-corrected chi connectivity index (χ2v) is 11.0. The van der Waals surface area contributed by atoms with Crippen molar-refractivity contribution < 1.29 is 4.79 Å². The number of pyridine rings is 1. The fourth-order valence-electron chi connectivity index (χ4n) is 5.49. The standard InChI is InChI=1S/C31H31Cl2N5OS/c1-4-21-10-5-6-12-24(21)35-27(39)15-17-37-30(29(36-31(37)40)25-13-7-8-16-34-25)22-18-19(2)38(20(22)3)26-14-9-11-23(32)28(26)33/h5-14,16,18,29-30H,4,15,17H2,1-3H3,(H,35,39)(H,36,40)/t29-,30+/m0/s1. The normalized spacial score (nSPS) is 16.7. The molecule has 2 N–H and O–H groups in total. The van der Waals surface area contributed by atoms with Crippen molar-refractivity contribution in [1.29, 1.82) is 0 Å². The zero-order chi connectivity index (χ0) is 28.4. The van der Waals surface area contributed by atoms with Crippen LogP contribution in [0.1, 0.15) is 53.6 Å². The van der Waals surface area contributed by atoms with Gasteiger partial charge in [-0.3, -0.25) is 9.78 Å². The SMILES string of the molecule is CCc1ccccc1NC(=O)CCN1C(=S)N[C@@H](c2ccccn2)[C@H]1c1cc(C)n(-c2cccc(Cl)c2Cl)c1C. The first-order valence-corrected chi connectivity index (χ1v) is 14.5. The lowest BCUT2D eigenvalue weighted by molar-refractivity contribution is -0.116. The molecule has 9 heteroatoms. The third-order valence-corrected chi connectivity index (χ3v) is 8.57. The minimum Gasteiger partial charge on any atom is -0.352 e. The highest BCUT2D eigenvalue weighted by Crippen LogP contribution is 2.42. The van der Waals surface area contributed by atoms with Gasteiger partial charge in [-0.1, -0.05) is 60.5 Å². The number of aromatic nitrogens is 2. The Morgan fingerprint density at radius 1 is 1.07 bits per heavy atom. The summed E-state index contributed by atoms with van der Waals surface area (Å²) in [5.74, 6) is -0.0556. The highest BCUT2D eigenvalue weighted by molar-refractivity contribution is 7.80. The van der Waals surface area contributed by atoms with Crippen LogP contribution >= 0.6 is 35.4 Å². The van der Waals surface area contributed by atoms with Crippen molar-refractivity contribution >= 4 is 52.1 Å². The van der Waals surface area contributed by atoms with Crippen molar-refractivity contribution in [2.75, 3.05) is 11.9 Å². The van der Waals surface area contributed by atoms with Crippen molar-refractivity contribution in [2.24, 2.45) is 0 Å². The number of halogens is 2. The summed E-state index contributed by atoms with van der Waals surface area (Å²) in [5.41, 5.74) is 6.77. The lowest BCUT2D eigenvalue weighted by atomic mass is 9.96. The van der Waals surface area contributed by atoms with Crippen molar-refractivity contribution in [3.05, 3.63) is 111 Å². The molecule has 3 heterocycles. The molecule has 1 aliphatic heterocycles. The van der Waals surface area contributed by atoms with E-state index in [9.17, 15) is 4.79 Å². The van der Waals surface area contributed by atoms with Crippen molar-refractivity contribution in [3.8, 4) is 5.69 Å². The van der Waals surface area contributed by atoms with Crippen LogP contribution in [0.4, 0.5) is 5.69 Å². The maximum Gasteiger partial charge on any atom is 0.226 e. The molecule has 0 unspecified atom stereocenters. The van der Waals surface area contributed by atoms with Crippen LogP contribution in [0.5, 0.6) is 0 Å². The summed E-state index contributed by atoms with van der Waals surface area (Å²) in [5, 5.41) is 8.16. The number of amides is 1. The van der Waals surface area contributed by atoms with Crippen LogP contribution in [-0.4, -0.2) is 32.0 Å². The lowest BCUT2D eigenvalue weighted by Gasteiger charge is -2.28. The van der Waals surface area contributed by atoms with E-state index in [2.05, 4.69) is 45.0 Å². The molecule has 2 aromatic carbocycles. The van der Waals surface area contributed by atoms with Crippen LogP contribution < -0.4 is 10.6 Å². The Hall–Kier alpha value is -3.39. The molecule has 5 rings (SSSR count). The number of aryl methyl sites for hydroxylation is 2. The van der Waals surface area contributed by atoms with Crippen LogP contribution in [0.2, 0.25) is 10.0 Å². The summed E-state index contributed by atoms with van der Waals surface area (Å²) < 4.78 is 2.12. The molecule has 2 aromatic heterocycles. The van der Waals surface area contributed by atoms with Gasteiger partial charge in [-0.15, -0.1) is 0 Å². The van der Waals surface area contributed by atoms with Crippen molar-refractivity contribution in [2.45, 2.75) is 45.7 Å². The van der Waals surface area contributed by atoms with E-state index < -0.39 is 0 Å². The Morgan fingerprint density at radius 3 is 2.60 bits per heavy atom. The van der Waals surface area contributed by atoms with Gasteiger partial charge in [-0.25, -0.2) is 0 Å². The Labute approximate surface area is 250 Å². The average Bonchev–Trinajstić information content (AvgIpc) is 3.44. The molecular formula is C31H31Cl2N5OS. The van der Waals surface area contributed by atoms with E-state index in [-0.39, 0.29) is 24.4 Å². The van der Waals surface area contributed by atoms with Crippen molar-refractivity contribution in [3.63, 3.8) is 0 Å². The summed E-state index contributed by atoms with van der Waals surface area (Å²) in [6, 6.07) is 21.2. The second-order valence-electron chi connectivity index (χ2n) is 9.86. The number of hydrogen-bond donors (Lipinski definition) is 2. The molecule has 0 aliphatic carbocycles. The van der Waals surface area contributed by atoms with Crippen LogP contribution in [0.3, 0.4) is 0 Å². The van der Waals surface area contributed by atoms with Gasteiger partial charge in [0.1, 0.15) is 0 Å². The number of thiocarbonyl (C=S) groups is 1. The average molecular weight is 593 g/mol. The largest absolute Gasteiger partial charge is 0.352 e. The number of para-hydroxylation sites is 1. The van der Waals surface area contributed by atoms with Crippen molar-refractivity contribution in [1.82, 2.24) is 19.8 Å². The molecule has 4 aromatic rings. The van der Waals surface area contributed by atoms with Crippen LogP contribution in [0, 0.1) is 13.8 Å². The fourth-order valence-corrected chi connectivity index (χ4v) is 6.20. The third kappa shape index (κ3) is 5.46. The molecule has 0 radical (unpaired) electrons. The molecule has 1 aliphatic rings. The van der Waals surface area contributed by atoms with Gasteiger partial charge in [0.05, 0.1) is 33.5 Å². The van der Waals surface area contributed by atoms with Gasteiger partial charge in [0.25, 0.3) is 0 Å². The fraction of sp³-hybridized carbons (Fsp3) is 0.258. The van der Waals surface area contributed by atoms with E-state index in [4.69, 9.17) is 35.4 Å². The number of benzene rings is 2. The number of anilines is 1. The molecule has 40 heavy (non-hydrogen) atoms. The summed E-state index contributed by atoms with van der Waals surface area (Å²) in [6.07, 6.45) is 2.91. The summed E-state index contributed by atoms with van der Waals surface area (Å²) in [6.45, 7) is 6.65. The number of nitrogens with one attached hydrogen (secondary N) is 2. The molecule has 1 saturated heterocycles. The number of carbonyl (C=O) groups excluding carboxylic acids is 1. The quantitative estimate of drug-likeness (QED) is 0.210. The molecule has 0 spiro atoms. The van der Waals surface area contributed by atoms with E-state index in [0.717, 1.165) is 46.0 Å². The Balaban J connectivity index is 1.49. The second kappa shape index (κ2) is 12.0. The monoisotopic (exact) mass is 591 g/mol. The number of carbonyl (C=O) groups is 1. The number of hydrogen-bond acceptors (Lipinski definition) is 3. The molecule has 2 atom stereocenters. The predicted molar refractivity (Wildman–Crippen MR) is 166 cm³/mol. The number of rotatable bonds is 8. The van der Waals surface area contributed by atoms with Gasteiger partial charge in [-0.05, 0) is 80.0 Å². The molecule has 0 saturated carbocycles. The molecule has 206 valence electrons. The van der Waals surface area contributed by atoms with Gasteiger partial charge >= 0.3 is 0 Å². The summed E-state index contributed by atoms with van der Waals surface area (Å²) in [7, 11) is 0. The highest BCUT2D eigenvalue weighted by atomic mass is 35.5. The minimum absolute atomic E-state index is 0.0556. The Kier molecular flexibility index (Phi) is 8.45. The van der Waals surface area contributed by atoms with E-state index >= 15 is 0 Å². The molecular weight excluding hydrogens is 561 g/mol. The lowest BCUT2D eigenvalue weighted by Crippen LogP contribution is -2.33. The topological polar surface area (TPSA) is 62.2 Å². The van der Waals surface area contributed by atoms with Crippen LogP contribution in [-0.2, 0) is 11.2 Å². The maximum atomic E-state index is 13.1. The zero-order valence-corrected chi connectivity index (χ0v) is 24.9. The Morgan fingerprint density at radius 2 is 1.85 bits per heavy atom. The van der Waals surface area contributed by atoms with Gasteiger partial charge < -0.3 is 20.1 Å². The summed E-state index contributed by atoms with van der Waals surface area (Å²) >= 11 is 18.8. The van der Waals surface area contributed by atoms with Gasteiger partial charge in [0.15, 0.2) is 5.11 Å². The molecule has 6 nitrogen and oxygen atoms in total. The first-order chi connectivity index (χ1) is 19.3. The molecule has 1 amide bonds. The van der Waals surface area contributed by atoms with Crippen LogP contribution in [0.25, 0.3) is 5.69 Å². The molecule has 1 fully saturated rings. The maximum absolute atomic E-state index is 13.1. The van der Waals surface area contributed by atoms with E-state index in [1.54, 1.807) is 12.3 Å². The van der Waals surface area contributed by atoms with E-state index in [0.29, 0.717) is 21.7 Å². The van der Waals surface area contributed by atoms with Gasteiger partial charge in [0.2, 0.25) is 5.91 Å². The van der Waals surface area contributed by atoms with E-state index in [1.165, 1.54) is 0 Å². The molecule has 0 bridgehead atoms. The summed E-state index contributed by atoms with van der Waals surface area (Å²) in [4.78, 5) is 19.8. The van der Waals surface area contributed by atoms with E-state index in [1.807, 2.05) is 61.5 Å². The minimum atomic E-state index is -0.193. The zero-order valence-electron chi connectivity index (χ0n) is 22.6. The smallest absolute Gasteiger partial charge is 0.226 e. The number of nitrogens with zero attached hydrogens (tertiary/aromatic N) is 3. The first-order valence-electron chi connectivity index (χ1n) is 13.3. The Bertz CT molecular complexity index is 1550. The van der Waals surface area contributed by atoms with Gasteiger partial charge in [-0.2, -0.15) is 0 Å².